The molecule has 0 heterocycles. The summed E-state index contributed by atoms with van der Waals surface area (Å²) in [5.41, 5.74) is 2.66. The van der Waals surface area contributed by atoms with Crippen LogP contribution >= 0.6 is 15.9 Å². The van der Waals surface area contributed by atoms with E-state index in [2.05, 4.69) is 21.2 Å². The number of nitrogens with one attached hydrogen (secondary N) is 1. The predicted molar refractivity (Wildman–Crippen MR) is 87.0 cm³/mol. The first-order valence-corrected chi connectivity index (χ1v) is 7.76. The van der Waals surface area contributed by atoms with E-state index in [0.717, 1.165) is 34.4 Å². The van der Waals surface area contributed by atoms with E-state index in [0.29, 0.717) is 5.56 Å². The van der Waals surface area contributed by atoms with E-state index in [1.54, 1.807) is 6.07 Å². The van der Waals surface area contributed by atoms with Gasteiger partial charge >= 0.3 is 0 Å². The molecule has 2 rings (SSSR count). The highest BCUT2D eigenvalue weighted by molar-refractivity contribution is 9.10. The summed E-state index contributed by atoms with van der Waals surface area (Å²) < 4.78 is 20.6. The van der Waals surface area contributed by atoms with Gasteiger partial charge in [-0.2, -0.15) is 0 Å². The fourth-order valence-corrected chi connectivity index (χ4v) is 2.52. The summed E-state index contributed by atoms with van der Waals surface area (Å²) in [5.74, 6) is 0.541. The molecular formula is C17H19BrFNO. The van der Waals surface area contributed by atoms with Crippen LogP contribution in [0, 0.1) is 12.7 Å². The topological polar surface area (TPSA) is 21.3 Å². The molecule has 0 aliphatic heterocycles. The summed E-state index contributed by atoms with van der Waals surface area (Å²) in [5, 5.41) is 3.23. The standard InChI is InChI=1S/C17H19BrFNO/c1-3-20-10-13-4-6-16(19)14(9-13)11-21-17-7-5-15(18)8-12(17)2/h4-9,20H,3,10-11H2,1-2H3. The molecule has 0 aromatic heterocycles. The Labute approximate surface area is 133 Å². The van der Waals surface area contributed by atoms with E-state index in [1.807, 2.05) is 38.1 Å². The fourth-order valence-electron chi connectivity index (χ4n) is 2.05. The average molecular weight is 352 g/mol. The van der Waals surface area contributed by atoms with Gasteiger partial charge < -0.3 is 10.1 Å². The monoisotopic (exact) mass is 351 g/mol. The molecule has 2 nitrogen and oxygen atoms in total. The van der Waals surface area contributed by atoms with Gasteiger partial charge in [-0.25, -0.2) is 4.39 Å². The maximum atomic E-state index is 13.9. The van der Waals surface area contributed by atoms with E-state index in [-0.39, 0.29) is 12.4 Å². The van der Waals surface area contributed by atoms with Gasteiger partial charge in [-0.05, 0) is 54.9 Å². The van der Waals surface area contributed by atoms with Crippen LogP contribution in [0.4, 0.5) is 4.39 Å². The lowest BCUT2D eigenvalue weighted by Crippen LogP contribution is -2.12. The first kappa shape index (κ1) is 16.0. The van der Waals surface area contributed by atoms with Crippen molar-refractivity contribution in [3.05, 3.63) is 63.4 Å². The molecule has 0 aliphatic rings. The first-order valence-electron chi connectivity index (χ1n) is 6.97. The summed E-state index contributed by atoms with van der Waals surface area (Å²) in [6.07, 6.45) is 0. The summed E-state index contributed by atoms with van der Waals surface area (Å²) >= 11 is 3.41. The summed E-state index contributed by atoms with van der Waals surface area (Å²) in [6.45, 7) is 5.87. The van der Waals surface area contributed by atoms with Gasteiger partial charge in [0.2, 0.25) is 0 Å². The van der Waals surface area contributed by atoms with Crippen molar-refractivity contribution in [2.45, 2.75) is 27.0 Å². The highest BCUT2D eigenvalue weighted by Crippen LogP contribution is 2.23. The van der Waals surface area contributed by atoms with E-state index in [1.165, 1.54) is 6.07 Å². The van der Waals surface area contributed by atoms with Crippen molar-refractivity contribution in [1.29, 1.82) is 0 Å². The molecule has 0 spiro atoms. The molecule has 1 N–H and O–H groups in total. The Balaban J connectivity index is 2.08. The zero-order chi connectivity index (χ0) is 15.2. The number of rotatable bonds is 6. The normalized spacial score (nSPS) is 10.7. The van der Waals surface area contributed by atoms with Gasteiger partial charge in [0.25, 0.3) is 0 Å². The molecule has 0 amide bonds. The van der Waals surface area contributed by atoms with Crippen molar-refractivity contribution in [1.82, 2.24) is 5.32 Å². The summed E-state index contributed by atoms with van der Waals surface area (Å²) in [7, 11) is 0. The smallest absolute Gasteiger partial charge is 0.129 e. The summed E-state index contributed by atoms with van der Waals surface area (Å²) in [6, 6.07) is 10.9. The molecule has 0 fully saturated rings. The Kier molecular flexibility index (Phi) is 5.76. The van der Waals surface area contributed by atoms with Crippen LogP contribution in [0.2, 0.25) is 0 Å². The lowest BCUT2D eigenvalue weighted by molar-refractivity contribution is 0.297. The van der Waals surface area contributed by atoms with Crippen LogP contribution in [0.25, 0.3) is 0 Å². The molecule has 0 saturated heterocycles. The second kappa shape index (κ2) is 7.57. The Bertz CT molecular complexity index is 616. The van der Waals surface area contributed by atoms with Crippen molar-refractivity contribution >= 4 is 15.9 Å². The number of ether oxygens (including phenoxy) is 1. The van der Waals surface area contributed by atoms with Crippen LogP contribution in [-0.4, -0.2) is 6.54 Å². The van der Waals surface area contributed by atoms with Gasteiger partial charge in [-0.15, -0.1) is 0 Å². The molecule has 0 radical (unpaired) electrons. The van der Waals surface area contributed by atoms with Gasteiger partial charge in [0.1, 0.15) is 18.2 Å². The van der Waals surface area contributed by atoms with Gasteiger partial charge in [0.15, 0.2) is 0 Å². The molecule has 0 bridgehead atoms. The SMILES string of the molecule is CCNCc1ccc(F)c(COc2ccc(Br)cc2C)c1. The largest absolute Gasteiger partial charge is 0.489 e. The third-order valence-electron chi connectivity index (χ3n) is 3.21. The Morgan fingerprint density at radius 2 is 2.00 bits per heavy atom. The zero-order valence-corrected chi connectivity index (χ0v) is 13.8. The number of benzene rings is 2. The van der Waals surface area contributed by atoms with Crippen molar-refractivity contribution in [3.8, 4) is 5.75 Å². The van der Waals surface area contributed by atoms with Crippen LogP contribution in [0.3, 0.4) is 0 Å². The molecule has 0 unspecified atom stereocenters. The third-order valence-corrected chi connectivity index (χ3v) is 3.70. The zero-order valence-electron chi connectivity index (χ0n) is 12.2. The van der Waals surface area contributed by atoms with Crippen LogP contribution in [0.5, 0.6) is 5.75 Å². The van der Waals surface area contributed by atoms with Crippen LogP contribution in [-0.2, 0) is 13.2 Å². The lowest BCUT2D eigenvalue weighted by atomic mass is 10.1. The highest BCUT2D eigenvalue weighted by Gasteiger charge is 2.06. The molecule has 0 saturated carbocycles. The molecular weight excluding hydrogens is 333 g/mol. The predicted octanol–water partition coefficient (Wildman–Crippen LogP) is 4.59. The molecule has 0 atom stereocenters. The Hall–Kier alpha value is -1.39. The van der Waals surface area contributed by atoms with Crippen LogP contribution < -0.4 is 10.1 Å². The second-order valence-corrected chi connectivity index (χ2v) is 5.82. The van der Waals surface area contributed by atoms with Crippen molar-refractivity contribution in [2.75, 3.05) is 6.54 Å². The van der Waals surface area contributed by atoms with Gasteiger partial charge in [-0.1, -0.05) is 28.9 Å². The average Bonchev–Trinajstić information content (AvgIpc) is 2.46. The molecule has 2 aromatic rings. The molecule has 112 valence electrons. The first-order chi connectivity index (χ1) is 10.1. The quantitative estimate of drug-likeness (QED) is 0.821. The third kappa shape index (κ3) is 4.55. The van der Waals surface area contributed by atoms with Gasteiger partial charge in [-0.3, -0.25) is 0 Å². The summed E-state index contributed by atoms with van der Waals surface area (Å²) in [4.78, 5) is 0. The van der Waals surface area contributed by atoms with E-state index in [9.17, 15) is 4.39 Å². The van der Waals surface area contributed by atoms with Crippen molar-refractivity contribution in [2.24, 2.45) is 0 Å². The number of halogens is 2. The molecule has 4 heteroatoms. The van der Waals surface area contributed by atoms with Gasteiger partial charge in [0, 0.05) is 16.6 Å². The number of hydrogen-bond donors (Lipinski definition) is 1. The van der Waals surface area contributed by atoms with Crippen molar-refractivity contribution < 1.29 is 9.13 Å². The van der Waals surface area contributed by atoms with Crippen molar-refractivity contribution in [3.63, 3.8) is 0 Å². The van der Waals surface area contributed by atoms with Crippen LogP contribution in [0.1, 0.15) is 23.6 Å². The fraction of sp³-hybridized carbons (Fsp3) is 0.294. The highest BCUT2D eigenvalue weighted by atomic mass is 79.9. The maximum Gasteiger partial charge on any atom is 0.129 e. The minimum atomic E-state index is -0.231. The van der Waals surface area contributed by atoms with Gasteiger partial charge in [0.05, 0.1) is 0 Å². The minimum Gasteiger partial charge on any atom is -0.489 e. The molecule has 0 aliphatic carbocycles. The second-order valence-electron chi connectivity index (χ2n) is 4.90. The van der Waals surface area contributed by atoms with Crippen LogP contribution in [0.15, 0.2) is 40.9 Å². The number of aryl methyl sites for hydroxylation is 1. The van der Waals surface area contributed by atoms with E-state index in [4.69, 9.17) is 4.74 Å². The molecule has 21 heavy (non-hydrogen) atoms. The molecule has 2 aromatic carbocycles. The Morgan fingerprint density at radius 3 is 2.71 bits per heavy atom. The minimum absolute atomic E-state index is 0.230. The van der Waals surface area contributed by atoms with E-state index < -0.39 is 0 Å². The number of hydrogen-bond acceptors (Lipinski definition) is 2. The van der Waals surface area contributed by atoms with E-state index >= 15 is 0 Å². The Morgan fingerprint density at radius 1 is 1.19 bits per heavy atom. The lowest BCUT2D eigenvalue weighted by Gasteiger charge is -2.11. The maximum absolute atomic E-state index is 13.9.